The monoisotopic (exact) mass is 256 g/mol. The Morgan fingerprint density at radius 2 is 1.94 bits per heavy atom. The zero-order chi connectivity index (χ0) is 11.5. The van der Waals surface area contributed by atoms with Crippen molar-refractivity contribution in [1.82, 2.24) is 0 Å². The molecule has 1 aromatic heterocycles. The van der Waals surface area contributed by atoms with Crippen LogP contribution < -0.4 is 0 Å². The molecule has 2 rings (SSSR count). The number of carbonyl (C=O) groups excluding carboxylic acids is 1. The normalized spacial score (nSPS) is 10.4. The van der Waals surface area contributed by atoms with Crippen molar-refractivity contribution in [3.63, 3.8) is 0 Å². The van der Waals surface area contributed by atoms with Crippen LogP contribution in [0.1, 0.15) is 9.67 Å². The first-order valence-electron chi connectivity index (χ1n) is 4.35. The molecule has 0 radical (unpaired) electrons. The van der Waals surface area contributed by atoms with E-state index in [2.05, 4.69) is 0 Å². The zero-order valence-electron chi connectivity index (χ0n) is 7.94. The number of hydrogen-bond acceptors (Lipinski definition) is 3. The molecule has 16 heavy (non-hydrogen) atoms. The summed E-state index contributed by atoms with van der Waals surface area (Å²) in [5.41, 5.74) is 0. The molecule has 1 nitrogen and oxygen atoms in total. The van der Waals surface area contributed by atoms with Gasteiger partial charge < -0.3 is 0 Å². The molecule has 0 spiro atoms. The highest BCUT2D eigenvalue weighted by Crippen LogP contribution is 2.31. The Hall–Kier alpha value is -1.20. The summed E-state index contributed by atoms with van der Waals surface area (Å²) in [5.74, 6) is -1.72. The first kappa shape index (κ1) is 11.3. The summed E-state index contributed by atoms with van der Waals surface area (Å²) in [7, 11) is 0. The van der Waals surface area contributed by atoms with Crippen LogP contribution in [0.15, 0.2) is 39.4 Å². The van der Waals surface area contributed by atoms with Gasteiger partial charge in [-0.25, -0.2) is 8.78 Å². The van der Waals surface area contributed by atoms with Crippen molar-refractivity contribution in [2.45, 2.75) is 9.79 Å². The summed E-state index contributed by atoms with van der Waals surface area (Å²) in [5, 5.41) is 1.80. The standard InChI is InChI=1S/C11H6F2OS2/c12-10-2-1-7(4-11(10)13)16-9-3-8(5-14)15-6-9/h1-6H. The second-order valence-electron chi connectivity index (χ2n) is 2.98. The summed E-state index contributed by atoms with van der Waals surface area (Å²) >= 11 is 2.61. The summed E-state index contributed by atoms with van der Waals surface area (Å²) in [4.78, 5) is 12.5. The maximum Gasteiger partial charge on any atom is 0.160 e. The first-order chi connectivity index (χ1) is 7.69. The summed E-state index contributed by atoms with van der Waals surface area (Å²) in [6.45, 7) is 0. The van der Waals surface area contributed by atoms with E-state index in [-0.39, 0.29) is 0 Å². The SMILES string of the molecule is O=Cc1cc(Sc2ccc(F)c(F)c2)cs1. The highest BCUT2D eigenvalue weighted by atomic mass is 32.2. The van der Waals surface area contributed by atoms with Crippen LogP contribution in [0.2, 0.25) is 0 Å². The van der Waals surface area contributed by atoms with E-state index in [0.29, 0.717) is 9.77 Å². The minimum Gasteiger partial charge on any atom is -0.297 e. The van der Waals surface area contributed by atoms with Gasteiger partial charge in [-0.05, 0) is 24.3 Å². The largest absolute Gasteiger partial charge is 0.297 e. The molecule has 0 aliphatic rings. The highest BCUT2D eigenvalue weighted by molar-refractivity contribution is 7.99. The minimum absolute atomic E-state index is 0.606. The Balaban J connectivity index is 2.20. The molecule has 0 unspecified atom stereocenters. The second-order valence-corrected chi connectivity index (χ2v) is 5.07. The number of aldehydes is 1. The van der Waals surface area contributed by atoms with Crippen LogP contribution in [-0.2, 0) is 0 Å². The fourth-order valence-electron chi connectivity index (χ4n) is 1.13. The quantitative estimate of drug-likeness (QED) is 0.772. The van der Waals surface area contributed by atoms with Crippen molar-refractivity contribution < 1.29 is 13.6 Å². The fourth-order valence-corrected chi connectivity index (χ4v) is 2.86. The molecular formula is C11H6F2OS2. The van der Waals surface area contributed by atoms with E-state index in [1.54, 1.807) is 11.4 Å². The van der Waals surface area contributed by atoms with Crippen LogP contribution in [0.25, 0.3) is 0 Å². The first-order valence-corrected chi connectivity index (χ1v) is 6.05. The molecule has 0 atom stereocenters. The fraction of sp³-hybridized carbons (Fsp3) is 0. The molecule has 0 saturated heterocycles. The number of thiophene rings is 1. The maximum atomic E-state index is 12.9. The zero-order valence-corrected chi connectivity index (χ0v) is 9.58. The van der Waals surface area contributed by atoms with E-state index >= 15 is 0 Å². The minimum atomic E-state index is -0.865. The molecule has 0 fully saturated rings. The molecule has 2 aromatic rings. The van der Waals surface area contributed by atoms with Crippen molar-refractivity contribution in [2.75, 3.05) is 0 Å². The molecule has 0 saturated carbocycles. The number of hydrogen-bond donors (Lipinski definition) is 0. The van der Waals surface area contributed by atoms with Gasteiger partial charge in [0.2, 0.25) is 0 Å². The molecule has 0 N–H and O–H groups in total. The van der Waals surface area contributed by atoms with Crippen molar-refractivity contribution in [3.8, 4) is 0 Å². The van der Waals surface area contributed by atoms with E-state index < -0.39 is 11.6 Å². The predicted molar refractivity (Wildman–Crippen MR) is 60.2 cm³/mol. The van der Waals surface area contributed by atoms with E-state index in [9.17, 15) is 13.6 Å². The van der Waals surface area contributed by atoms with Gasteiger partial charge in [0, 0.05) is 15.2 Å². The Labute approximate surface area is 99.1 Å². The van der Waals surface area contributed by atoms with E-state index in [0.717, 1.165) is 23.3 Å². The molecule has 1 heterocycles. The van der Waals surface area contributed by atoms with Gasteiger partial charge in [-0.15, -0.1) is 11.3 Å². The average molecular weight is 256 g/mol. The van der Waals surface area contributed by atoms with Crippen molar-refractivity contribution >= 4 is 29.4 Å². The summed E-state index contributed by atoms with van der Waals surface area (Å²) in [6.07, 6.45) is 0.764. The molecule has 0 bridgehead atoms. The Kier molecular flexibility index (Phi) is 3.36. The average Bonchev–Trinajstić information content (AvgIpc) is 2.71. The third kappa shape index (κ3) is 2.48. The van der Waals surface area contributed by atoms with Crippen LogP contribution in [-0.4, -0.2) is 6.29 Å². The number of rotatable bonds is 3. The lowest BCUT2D eigenvalue weighted by atomic mass is 10.3. The Morgan fingerprint density at radius 3 is 2.56 bits per heavy atom. The Bertz CT molecular complexity index is 522. The van der Waals surface area contributed by atoms with Crippen molar-refractivity contribution in [3.05, 3.63) is 46.2 Å². The van der Waals surface area contributed by atoms with Crippen LogP contribution in [0.3, 0.4) is 0 Å². The molecule has 5 heteroatoms. The van der Waals surface area contributed by atoms with E-state index in [4.69, 9.17) is 0 Å². The van der Waals surface area contributed by atoms with Crippen molar-refractivity contribution in [1.29, 1.82) is 0 Å². The van der Waals surface area contributed by atoms with Crippen molar-refractivity contribution in [2.24, 2.45) is 0 Å². The van der Waals surface area contributed by atoms with Crippen LogP contribution >= 0.6 is 23.1 Å². The number of benzene rings is 1. The van der Waals surface area contributed by atoms with Gasteiger partial charge in [-0.2, -0.15) is 0 Å². The maximum absolute atomic E-state index is 12.9. The lowest BCUT2D eigenvalue weighted by Gasteiger charge is -1.99. The molecule has 82 valence electrons. The topological polar surface area (TPSA) is 17.1 Å². The van der Waals surface area contributed by atoms with Gasteiger partial charge in [0.1, 0.15) is 0 Å². The lowest BCUT2D eigenvalue weighted by molar-refractivity contribution is 0.112. The van der Waals surface area contributed by atoms with Gasteiger partial charge in [-0.1, -0.05) is 11.8 Å². The van der Waals surface area contributed by atoms with E-state index in [1.807, 2.05) is 0 Å². The van der Waals surface area contributed by atoms with Gasteiger partial charge in [0.15, 0.2) is 17.9 Å². The Morgan fingerprint density at radius 1 is 1.12 bits per heavy atom. The third-order valence-corrected chi connectivity index (χ3v) is 3.81. The smallest absolute Gasteiger partial charge is 0.160 e. The number of halogens is 2. The molecule has 0 amide bonds. The molecule has 0 aliphatic carbocycles. The molecule has 0 aliphatic heterocycles. The molecular weight excluding hydrogens is 250 g/mol. The van der Waals surface area contributed by atoms with Crippen LogP contribution in [0, 0.1) is 11.6 Å². The summed E-state index contributed by atoms with van der Waals surface area (Å²) < 4.78 is 25.6. The highest BCUT2D eigenvalue weighted by Gasteiger charge is 2.05. The third-order valence-electron chi connectivity index (χ3n) is 1.84. The molecule has 1 aromatic carbocycles. The summed E-state index contributed by atoms with van der Waals surface area (Å²) in [6, 6.07) is 5.44. The van der Waals surface area contributed by atoms with Gasteiger partial charge in [-0.3, -0.25) is 4.79 Å². The van der Waals surface area contributed by atoms with Crippen LogP contribution in [0.5, 0.6) is 0 Å². The van der Waals surface area contributed by atoms with Gasteiger partial charge in [0.05, 0.1) is 4.88 Å². The van der Waals surface area contributed by atoms with Crippen LogP contribution in [0.4, 0.5) is 8.78 Å². The second kappa shape index (κ2) is 4.76. The number of carbonyl (C=O) groups is 1. The van der Waals surface area contributed by atoms with E-state index in [1.165, 1.54) is 29.2 Å². The lowest BCUT2D eigenvalue weighted by Crippen LogP contribution is -1.82. The predicted octanol–water partition coefficient (Wildman–Crippen LogP) is 3.99. The van der Waals surface area contributed by atoms with Gasteiger partial charge in [0.25, 0.3) is 0 Å². The van der Waals surface area contributed by atoms with Gasteiger partial charge >= 0.3 is 0 Å².